The van der Waals surface area contributed by atoms with Crippen LogP contribution in [-0.2, 0) is 6.42 Å². The zero-order valence-corrected chi connectivity index (χ0v) is 10.4. The standard InChI is InChI=1S/C15H13ClO/c1-10-5-2-3-7-12(10)13-8-4-6-11-9-14(16)17-15(11)13/h2-8,14H,9H2,1H3. The van der Waals surface area contributed by atoms with Gasteiger partial charge < -0.3 is 4.74 Å². The minimum Gasteiger partial charge on any atom is -0.473 e. The third-order valence-electron chi connectivity index (χ3n) is 3.16. The van der Waals surface area contributed by atoms with Gasteiger partial charge in [0.25, 0.3) is 0 Å². The van der Waals surface area contributed by atoms with Gasteiger partial charge in [-0.05, 0) is 23.6 Å². The molecule has 17 heavy (non-hydrogen) atoms. The van der Waals surface area contributed by atoms with E-state index in [9.17, 15) is 0 Å². The second-order valence-corrected chi connectivity index (χ2v) is 4.83. The largest absolute Gasteiger partial charge is 0.473 e. The van der Waals surface area contributed by atoms with E-state index in [1.54, 1.807) is 0 Å². The molecule has 0 fully saturated rings. The average molecular weight is 245 g/mol. The fraction of sp³-hybridized carbons (Fsp3) is 0.200. The molecule has 1 aliphatic heterocycles. The van der Waals surface area contributed by atoms with Gasteiger partial charge in [-0.1, -0.05) is 54.1 Å². The lowest BCUT2D eigenvalue weighted by molar-refractivity contribution is 0.317. The van der Waals surface area contributed by atoms with E-state index in [1.807, 2.05) is 6.07 Å². The van der Waals surface area contributed by atoms with Gasteiger partial charge in [0.2, 0.25) is 0 Å². The Morgan fingerprint density at radius 3 is 2.65 bits per heavy atom. The van der Waals surface area contributed by atoms with Crippen LogP contribution in [0, 0.1) is 6.92 Å². The summed E-state index contributed by atoms with van der Waals surface area (Å²) in [6.07, 6.45) is 0.788. The molecule has 1 aliphatic rings. The van der Waals surface area contributed by atoms with Crippen molar-refractivity contribution in [2.45, 2.75) is 18.9 Å². The molecule has 0 radical (unpaired) electrons. The lowest BCUT2D eigenvalue weighted by Gasteiger charge is -2.11. The molecule has 2 aromatic carbocycles. The summed E-state index contributed by atoms with van der Waals surface area (Å²) in [4.78, 5) is 0. The Hall–Kier alpha value is -1.47. The highest BCUT2D eigenvalue weighted by Crippen LogP contribution is 2.40. The first-order chi connectivity index (χ1) is 8.25. The third-order valence-corrected chi connectivity index (χ3v) is 3.40. The van der Waals surface area contributed by atoms with Gasteiger partial charge in [0.15, 0.2) is 5.56 Å². The van der Waals surface area contributed by atoms with E-state index in [4.69, 9.17) is 16.3 Å². The van der Waals surface area contributed by atoms with Crippen LogP contribution >= 0.6 is 11.6 Å². The predicted molar refractivity (Wildman–Crippen MR) is 70.6 cm³/mol. The molecule has 0 aromatic heterocycles. The molecule has 1 unspecified atom stereocenters. The maximum Gasteiger partial charge on any atom is 0.176 e. The summed E-state index contributed by atoms with van der Waals surface area (Å²) in [7, 11) is 0. The topological polar surface area (TPSA) is 9.23 Å². The van der Waals surface area contributed by atoms with Crippen molar-refractivity contribution in [3.8, 4) is 16.9 Å². The van der Waals surface area contributed by atoms with Gasteiger partial charge in [-0.3, -0.25) is 0 Å². The summed E-state index contributed by atoms with van der Waals surface area (Å²) in [5, 5.41) is 0. The monoisotopic (exact) mass is 244 g/mol. The van der Waals surface area contributed by atoms with Crippen LogP contribution in [0.25, 0.3) is 11.1 Å². The molecule has 0 bridgehead atoms. The van der Waals surface area contributed by atoms with Gasteiger partial charge in [0.1, 0.15) is 5.75 Å². The molecule has 0 aliphatic carbocycles. The molecule has 3 rings (SSSR count). The maximum absolute atomic E-state index is 6.05. The van der Waals surface area contributed by atoms with Crippen LogP contribution in [0.3, 0.4) is 0 Å². The molecule has 86 valence electrons. The normalized spacial score (nSPS) is 17.6. The van der Waals surface area contributed by atoms with Gasteiger partial charge >= 0.3 is 0 Å². The number of alkyl halides is 1. The first-order valence-corrected chi connectivity index (χ1v) is 6.18. The Kier molecular flexibility index (Phi) is 2.56. The van der Waals surface area contributed by atoms with Crippen LogP contribution in [0.2, 0.25) is 0 Å². The number of para-hydroxylation sites is 1. The highest BCUT2D eigenvalue weighted by Gasteiger charge is 2.23. The highest BCUT2D eigenvalue weighted by atomic mass is 35.5. The van der Waals surface area contributed by atoms with E-state index in [0.29, 0.717) is 0 Å². The van der Waals surface area contributed by atoms with Crippen molar-refractivity contribution >= 4 is 11.6 Å². The van der Waals surface area contributed by atoms with E-state index in [0.717, 1.165) is 17.7 Å². The Bertz CT molecular complexity index is 563. The smallest absolute Gasteiger partial charge is 0.176 e. The van der Waals surface area contributed by atoms with E-state index in [2.05, 4.69) is 43.3 Å². The molecule has 1 nitrogen and oxygen atoms in total. The fourth-order valence-corrected chi connectivity index (χ4v) is 2.57. The van der Waals surface area contributed by atoms with Crippen molar-refractivity contribution in [2.75, 3.05) is 0 Å². The molecule has 2 heteroatoms. The Morgan fingerprint density at radius 1 is 1.06 bits per heavy atom. The minimum absolute atomic E-state index is 0.227. The van der Waals surface area contributed by atoms with Crippen molar-refractivity contribution in [1.82, 2.24) is 0 Å². The molecule has 0 spiro atoms. The van der Waals surface area contributed by atoms with Crippen molar-refractivity contribution in [3.63, 3.8) is 0 Å². The molecule has 0 saturated carbocycles. The van der Waals surface area contributed by atoms with Crippen molar-refractivity contribution < 1.29 is 4.74 Å². The number of hydrogen-bond donors (Lipinski definition) is 0. The predicted octanol–water partition coefficient (Wildman–Crippen LogP) is 4.16. The highest BCUT2D eigenvalue weighted by molar-refractivity contribution is 6.20. The molecule has 0 N–H and O–H groups in total. The van der Waals surface area contributed by atoms with Crippen molar-refractivity contribution in [2.24, 2.45) is 0 Å². The second-order valence-electron chi connectivity index (χ2n) is 4.34. The molecule has 2 aromatic rings. The molecule has 0 saturated heterocycles. The lowest BCUT2D eigenvalue weighted by Crippen LogP contribution is -2.01. The number of aryl methyl sites for hydroxylation is 1. The summed E-state index contributed by atoms with van der Waals surface area (Å²) in [6.45, 7) is 2.11. The lowest BCUT2D eigenvalue weighted by atomic mass is 9.98. The zero-order chi connectivity index (χ0) is 11.8. The number of rotatable bonds is 1. The first kappa shape index (κ1) is 10.7. The van der Waals surface area contributed by atoms with Crippen LogP contribution in [-0.4, -0.2) is 5.56 Å². The summed E-state index contributed by atoms with van der Waals surface area (Å²) in [5.41, 5.74) is 4.59. The van der Waals surface area contributed by atoms with E-state index >= 15 is 0 Å². The van der Waals surface area contributed by atoms with Crippen molar-refractivity contribution in [1.29, 1.82) is 0 Å². The van der Waals surface area contributed by atoms with Gasteiger partial charge in [0.05, 0.1) is 0 Å². The Labute approximate surface area is 106 Å². The van der Waals surface area contributed by atoms with Crippen LogP contribution in [0.4, 0.5) is 0 Å². The first-order valence-electron chi connectivity index (χ1n) is 5.74. The SMILES string of the molecule is Cc1ccccc1-c1cccc2c1OC(Cl)C2. The van der Waals surface area contributed by atoms with Crippen LogP contribution in [0.5, 0.6) is 5.75 Å². The van der Waals surface area contributed by atoms with E-state index in [1.165, 1.54) is 16.7 Å². The summed E-state index contributed by atoms with van der Waals surface area (Å²) >= 11 is 6.05. The van der Waals surface area contributed by atoms with Crippen molar-refractivity contribution in [3.05, 3.63) is 53.6 Å². The molecule has 1 atom stereocenters. The molecular weight excluding hydrogens is 232 g/mol. The number of hydrogen-bond acceptors (Lipinski definition) is 1. The third kappa shape index (κ3) is 1.81. The quantitative estimate of drug-likeness (QED) is 0.685. The van der Waals surface area contributed by atoms with Gasteiger partial charge in [0, 0.05) is 12.0 Å². The summed E-state index contributed by atoms with van der Waals surface area (Å²) in [6, 6.07) is 14.6. The molecule has 1 heterocycles. The Morgan fingerprint density at radius 2 is 1.82 bits per heavy atom. The van der Waals surface area contributed by atoms with Crippen LogP contribution in [0.15, 0.2) is 42.5 Å². The summed E-state index contributed by atoms with van der Waals surface area (Å²) < 4.78 is 5.71. The molecular formula is C15H13ClO. The fourth-order valence-electron chi connectivity index (χ4n) is 2.31. The van der Waals surface area contributed by atoms with Gasteiger partial charge in [-0.25, -0.2) is 0 Å². The maximum atomic E-state index is 6.05. The van der Waals surface area contributed by atoms with Gasteiger partial charge in [-0.15, -0.1) is 0 Å². The van der Waals surface area contributed by atoms with Crippen LogP contribution in [0.1, 0.15) is 11.1 Å². The van der Waals surface area contributed by atoms with Gasteiger partial charge in [-0.2, -0.15) is 0 Å². The number of benzene rings is 2. The van der Waals surface area contributed by atoms with E-state index < -0.39 is 0 Å². The zero-order valence-electron chi connectivity index (χ0n) is 9.61. The number of fused-ring (bicyclic) bond motifs is 1. The van der Waals surface area contributed by atoms with Crippen LogP contribution < -0.4 is 4.74 Å². The summed E-state index contributed by atoms with van der Waals surface area (Å²) in [5.74, 6) is 0.946. The molecule has 0 amide bonds. The van der Waals surface area contributed by atoms with E-state index in [-0.39, 0.29) is 5.56 Å². The average Bonchev–Trinajstić information content (AvgIpc) is 2.70. The number of halogens is 1. The second kappa shape index (κ2) is 4.08. The number of ether oxygens (including phenoxy) is 1. The minimum atomic E-state index is -0.227. The Balaban J connectivity index is 2.18.